The molecule has 6 aromatic carbocycles. The molecule has 7 aromatic rings. The van der Waals surface area contributed by atoms with Crippen LogP contribution in [0.25, 0.3) is 49.7 Å². The van der Waals surface area contributed by atoms with Crippen molar-refractivity contribution in [3.63, 3.8) is 0 Å². The van der Waals surface area contributed by atoms with Gasteiger partial charge in [0, 0.05) is 34.1 Å². The molecule has 0 atom stereocenters. The minimum absolute atomic E-state index is 0.432. The molecule has 192 valence electrons. The lowest BCUT2D eigenvalue weighted by Crippen LogP contribution is -2.09. The molecular weight excluding hydrogens is 488 g/mol. The van der Waals surface area contributed by atoms with Crippen LogP contribution in [-0.4, -0.2) is 0 Å². The molecule has 0 spiro atoms. The van der Waals surface area contributed by atoms with Gasteiger partial charge >= 0.3 is 0 Å². The van der Waals surface area contributed by atoms with Crippen LogP contribution in [0.4, 0.5) is 22.9 Å². The van der Waals surface area contributed by atoms with Gasteiger partial charge in [0.2, 0.25) is 0 Å². The van der Waals surface area contributed by atoms with Gasteiger partial charge in [-0.1, -0.05) is 97.1 Å². The van der Waals surface area contributed by atoms with Crippen LogP contribution >= 0.6 is 0 Å². The molecule has 0 bridgehead atoms. The van der Waals surface area contributed by atoms with Gasteiger partial charge in [-0.05, 0) is 76.0 Å². The van der Waals surface area contributed by atoms with E-state index in [0.717, 1.165) is 33.6 Å². The maximum Gasteiger partial charge on any atom is 0.198 e. The van der Waals surface area contributed by atoms with Gasteiger partial charge in [0.05, 0.1) is 0 Å². The summed E-state index contributed by atoms with van der Waals surface area (Å²) in [6.07, 6.45) is 3.98. The fourth-order valence-corrected chi connectivity index (χ4v) is 5.61. The zero-order valence-corrected chi connectivity index (χ0v) is 22.2. The molecule has 0 aliphatic heterocycles. The third-order valence-electron chi connectivity index (χ3n) is 7.55. The topological polar surface area (TPSA) is 42.4 Å². The van der Waals surface area contributed by atoms with E-state index in [1.54, 1.807) is 0 Å². The Balaban J connectivity index is 1.42. The third kappa shape index (κ3) is 4.09. The van der Waals surface area contributed by atoms with E-state index in [-0.39, 0.29) is 0 Å². The lowest BCUT2D eigenvalue weighted by molar-refractivity contribution is 0.636. The molecule has 2 N–H and O–H groups in total. The summed E-state index contributed by atoms with van der Waals surface area (Å²) < 4.78 is 6.02. The van der Waals surface area contributed by atoms with Gasteiger partial charge in [0.25, 0.3) is 0 Å². The summed E-state index contributed by atoms with van der Waals surface area (Å²) in [6, 6.07) is 45.1. The minimum atomic E-state index is 0.432. The van der Waals surface area contributed by atoms with Gasteiger partial charge in [-0.15, -0.1) is 0 Å². The average Bonchev–Trinajstić information content (AvgIpc) is 3.32. The van der Waals surface area contributed by atoms with Crippen molar-refractivity contribution in [1.82, 2.24) is 0 Å². The van der Waals surface area contributed by atoms with E-state index in [1.165, 1.54) is 32.7 Å². The van der Waals surface area contributed by atoms with Crippen molar-refractivity contribution in [2.45, 2.75) is 6.92 Å². The molecule has 0 fully saturated rings. The number of hydrogen-bond acceptors (Lipinski definition) is 3. The number of hydrogen-bond donors (Lipinski definition) is 1. The minimum Gasteiger partial charge on any atom is -0.440 e. The van der Waals surface area contributed by atoms with Gasteiger partial charge in [0.15, 0.2) is 5.88 Å². The number of nitrogen functional groups attached to an aromatic ring is 1. The van der Waals surface area contributed by atoms with Gasteiger partial charge < -0.3 is 15.1 Å². The molecule has 0 saturated heterocycles. The summed E-state index contributed by atoms with van der Waals surface area (Å²) in [4.78, 5) is 2.28. The fourth-order valence-electron chi connectivity index (χ4n) is 5.61. The first-order chi connectivity index (χ1) is 19.7. The van der Waals surface area contributed by atoms with Gasteiger partial charge in [-0.2, -0.15) is 0 Å². The van der Waals surface area contributed by atoms with Crippen molar-refractivity contribution in [3.05, 3.63) is 139 Å². The van der Waals surface area contributed by atoms with Crippen molar-refractivity contribution < 1.29 is 4.42 Å². The normalized spacial score (nSPS) is 11.6. The number of furan rings is 1. The lowest BCUT2D eigenvalue weighted by atomic mass is 10.0. The Hall–Kier alpha value is -5.28. The summed E-state index contributed by atoms with van der Waals surface area (Å²) in [7, 11) is 0. The first kappa shape index (κ1) is 23.8. The highest BCUT2D eigenvalue weighted by molar-refractivity contribution is 6.09. The molecule has 7 rings (SSSR count). The zero-order chi connectivity index (χ0) is 27.1. The number of fused-ring (bicyclic) bond motifs is 4. The van der Waals surface area contributed by atoms with Crippen LogP contribution in [0.1, 0.15) is 12.5 Å². The monoisotopic (exact) mass is 516 g/mol. The second kappa shape index (κ2) is 9.79. The van der Waals surface area contributed by atoms with E-state index in [2.05, 4.69) is 126 Å². The molecule has 0 aliphatic rings. The number of rotatable bonds is 5. The van der Waals surface area contributed by atoms with E-state index in [9.17, 15) is 0 Å². The van der Waals surface area contributed by atoms with Gasteiger partial charge in [-0.25, -0.2) is 0 Å². The van der Waals surface area contributed by atoms with E-state index >= 15 is 0 Å². The maximum absolute atomic E-state index is 6.24. The maximum atomic E-state index is 6.24. The standard InChI is InChI=1S/C37H28N2O/c1-2-8-34-33-22-21-31(24-36(33)40-37(34)38)39(29-18-15-26(16-19-29)25-9-4-3-5-10-25)30-20-17-28-14-13-27-11-6-7-12-32(27)35(28)23-30/h2-24H,38H2,1H3/b8-2-. The Bertz CT molecular complexity index is 2020. The van der Waals surface area contributed by atoms with E-state index in [1.807, 2.05) is 25.1 Å². The van der Waals surface area contributed by atoms with Crippen LogP contribution < -0.4 is 10.6 Å². The summed E-state index contributed by atoms with van der Waals surface area (Å²) in [5.74, 6) is 0.432. The molecule has 1 heterocycles. The van der Waals surface area contributed by atoms with E-state index in [0.29, 0.717) is 5.88 Å². The second-order valence-corrected chi connectivity index (χ2v) is 10.0. The predicted molar refractivity (Wildman–Crippen MR) is 170 cm³/mol. The van der Waals surface area contributed by atoms with Crippen molar-refractivity contribution in [2.24, 2.45) is 0 Å². The highest BCUT2D eigenvalue weighted by Gasteiger charge is 2.17. The Morgan fingerprint density at radius 1 is 0.575 bits per heavy atom. The number of nitrogens with two attached hydrogens (primary N) is 1. The lowest BCUT2D eigenvalue weighted by Gasteiger charge is -2.26. The van der Waals surface area contributed by atoms with Crippen LogP contribution in [0.2, 0.25) is 0 Å². The molecule has 1 aromatic heterocycles. The van der Waals surface area contributed by atoms with Gasteiger partial charge in [-0.3, -0.25) is 0 Å². The van der Waals surface area contributed by atoms with Crippen LogP contribution in [-0.2, 0) is 0 Å². The van der Waals surface area contributed by atoms with Crippen molar-refractivity contribution in [3.8, 4) is 11.1 Å². The molecule has 3 nitrogen and oxygen atoms in total. The largest absolute Gasteiger partial charge is 0.440 e. The number of nitrogens with zero attached hydrogens (tertiary/aromatic N) is 1. The average molecular weight is 517 g/mol. The molecule has 40 heavy (non-hydrogen) atoms. The van der Waals surface area contributed by atoms with E-state index < -0.39 is 0 Å². The van der Waals surface area contributed by atoms with Crippen LogP contribution in [0.5, 0.6) is 0 Å². The molecular formula is C37H28N2O. The quantitative estimate of drug-likeness (QED) is 0.231. The highest BCUT2D eigenvalue weighted by atomic mass is 16.3. The SMILES string of the molecule is C/C=C\c1c(N)oc2cc(N(c3ccc(-c4ccccc4)cc3)c3ccc4ccc5ccccc5c4c3)ccc12. The van der Waals surface area contributed by atoms with Gasteiger partial charge in [0.1, 0.15) is 5.58 Å². The summed E-state index contributed by atoms with van der Waals surface area (Å²) in [5.41, 5.74) is 13.4. The molecule has 0 aliphatic carbocycles. The summed E-state index contributed by atoms with van der Waals surface area (Å²) in [5, 5.41) is 5.91. The highest BCUT2D eigenvalue weighted by Crippen LogP contribution is 2.41. The zero-order valence-electron chi connectivity index (χ0n) is 22.2. The fraction of sp³-hybridized carbons (Fsp3) is 0.0270. The van der Waals surface area contributed by atoms with Crippen LogP contribution in [0.3, 0.4) is 0 Å². The third-order valence-corrected chi connectivity index (χ3v) is 7.55. The number of anilines is 4. The molecule has 0 unspecified atom stereocenters. The van der Waals surface area contributed by atoms with E-state index in [4.69, 9.17) is 10.2 Å². The molecule has 0 amide bonds. The molecule has 0 radical (unpaired) electrons. The summed E-state index contributed by atoms with van der Waals surface area (Å²) in [6.45, 7) is 1.98. The Labute approximate surface area is 233 Å². The smallest absolute Gasteiger partial charge is 0.198 e. The predicted octanol–water partition coefficient (Wildman–Crippen LogP) is 10.5. The van der Waals surface area contributed by atoms with Crippen molar-refractivity contribution >= 4 is 61.5 Å². The first-order valence-electron chi connectivity index (χ1n) is 13.5. The molecule has 3 heteroatoms. The Kier molecular flexibility index (Phi) is 5.83. The van der Waals surface area contributed by atoms with Crippen LogP contribution in [0.15, 0.2) is 138 Å². The summed E-state index contributed by atoms with van der Waals surface area (Å²) >= 11 is 0. The first-order valence-corrected chi connectivity index (χ1v) is 13.5. The Morgan fingerprint density at radius 3 is 2.00 bits per heavy atom. The molecule has 0 saturated carbocycles. The Morgan fingerprint density at radius 2 is 1.20 bits per heavy atom. The second-order valence-electron chi connectivity index (χ2n) is 10.0. The number of allylic oxidation sites excluding steroid dienone is 1. The van der Waals surface area contributed by atoms with Crippen molar-refractivity contribution in [1.29, 1.82) is 0 Å². The van der Waals surface area contributed by atoms with Crippen LogP contribution in [0, 0.1) is 0 Å². The number of benzene rings is 6. The van der Waals surface area contributed by atoms with Crippen molar-refractivity contribution in [2.75, 3.05) is 10.6 Å².